The van der Waals surface area contributed by atoms with Crippen molar-refractivity contribution in [2.75, 3.05) is 0 Å². The van der Waals surface area contributed by atoms with E-state index in [2.05, 4.69) is 9.82 Å². The van der Waals surface area contributed by atoms with E-state index in [9.17, 15) is 0 Å². The zero-order valence-corrected chi connectivity index (χ0v) is 14.4. The molecule has 2 aromatic carbocycles. The minimum atomic E-state index is 0.0898. The molecule has 124 valence electrons. The molecule has 1 N–H and O–H groups in total. The number of ether oxygens (including phenoxy) is 1. The van der Waals surface area contributed by atoms with Gasteiger partial charge in [0.1, 0.15) is 23.8 Å². The highest BCUT2D eigenvalue weighted by Gasteiger charge is 2.12. The number of hydrogen-bond donors (Lipinski definition) is 1. The minimum absolute atomic E-state index is 0.0898. The van der Waals surface area contributed by atoms with E-state index in [1.54, 1.807) is 0 Å². The molecule has 1 aromatic heterocycles. The molecule has 0 aliphatic rings. The van der Waals surface area contributed by atoms with Crippen molar-refractivity contribution in [3.8, 4) is 17.2 Å². The number of nitrogens with zero attached hydrogens (tertiary/aromatic N) is 1. The van der Waals surface area contributed by atoms with Crippen molar-refractivity contribution in [3.63, 3.8) is 0 Å². The Labute approximate surface area is 146 Å². The first-order chi connectivity index (χ1) is 11.7. The molecule has 0 aliphatic carbocycles. The van der Waals surface area contributed by atoms with Gasteiger partial charge < -0.3 is 9.15 Å². The van der Waals surface area contributed by atoms with Gasteiger partial charge in [-0.25, -0.2) is 9.82 Å². The second-order valence-electron chi connectivity index (χ2n) is 5.58. The average molecular weight is 343 g/mol. The van der Waals surface area contributed by atoms with Gasteiger partial charge in [-0.2, -0.15) is 0 Å². The van der Waals surface area contributed by atoms with Crippen molar-refractivity contribution < 1.29 is 9.15 Å². The SMILES string of the molecule is Cc1oc(-c2ccccc2)nc1COc1ccc([C@H](C)NCl)cc1. The molecule has 4 nitrogen and oxygen atoms in total. The molecule has 0 radical (unpaired) electrons. The fourth-order valence-corrected chi connectivity index (χ4v) is 2.46. The monoisotopic (exact) mass is 342 g/mol. The molecular formula is C19H19ClN2O2. The van der Waals surface area contributed by atoms with Gasteiger partial charge in [0, 0.05) is 11.6 Å². The lowest BCUT2D eigenvalue weighted by Gasteiger charge is -2.10. The maximum absolute atomic E-state index is 5.81. The summed E-state index contributed by atoms with van der Waals surface area (Å²) in [4.78, 5) is 7.23. The number of halogens is 1. The molecule has 24 heavy (non-hydrogen) atoms. The Balaban J connectivity index is 1.68. The second kappa shape index (κ2) is 7.51. The standard InChI is InChI=1S/C19H19ClN2O2/c1-13(22-20)15-8-10-17(11-9-15)23-12-18-14(2)24-19(21-18)16-6-4-3-5-7-16/h3-11,13,22H,12H2,1-2H3/t13-/m0/s1. The van der Waals surface area contributed by atoms with Crippen molar-refractivity contribution in [1.82, 2.24) is 9.82 Å². The van der Waals surface area contributed by atoms with Crippen LogP contribution in [0.2, 0.25) is 0 Å². The molecule has 0 saturated carbocycles. The molecule has 0 amide bonds. The van der Waals surface area contributed by atoms with Crippen molar-refractivity contribution in [2.24, 2.45) is 0 Å². The summed E-state index contributed by atoms with van der Waals surface area (Å²) in [6, 6.07) is 17.7. The van der Waals surface area contributed by atoms with Crippen molar-refractivity contribution >= 4 is 11.8 Å². The first kappa shape index (κ1) is 16.6. The largest absolute Gasteiger partial charge is 0.487 e. The maximum atomic E-state index is 5.81. The van der Waals surface area contributed by atoms with Crippen LogP contribution in [-0.4, -0.2) is 4.98 Å². The highest BCUT2D eigenvalue weighted by molar-refractivity contribution is 6.13. The normalized spacial score (nSPS) is 12.1. The number of aryl methyl sites for hydroxylation is 1. The summed E-state index contributed by atoms with van der Waals surface area (Å²) in [5.74, 6) is 2.17. The number of hydrogen-bond acceptors (Lipinski definition) is 4. The summed E-state index contributed by atoms with van der Waals surface area (Å²) in [6.45, 7) is 4.26. The average Bonchev–Trinajstić information content (AvgIpc) is 3.01. The third-order valence-corrected chi connectivity index (χ3v) is 4.16. The predicted molar refractivity (Wildman–Crippen MR) is 94.9 cm³/mol. The lowest BCUT2D eigenvalue weighted by atomic mass is 10.1. The summed E-state index contributed by atoms with van der Waals surface area (Å²) in [7, 11) is 0. The number of oxazole rings is 1. The van der Waals surface area contributed by atoms with Gasteiger partial charge in [0.2, 0.25) is 5.89 Å². The first-order valence-corrected chi connectivity index (χ1v) is 8.16. The van der Waals surface area contributed by atoms with Crippen LogP contribution in [0.25, 0.3) is 11.5 Å². The molecule has 3 rings (SSSR count). The van der Waals surface area contributed by atoms with E-state index in [4.69, 9.17) is 20.9 Å². The lowest BCUT2D eigenvalue weighted by molar-refractivity contribution is 0.299. The number of rotatable bonds is 6. The van der Waals surface area contributed by atoms with Crippen LogP contribution in [-0.2, 0) is 6.61 Å². The molecule has 0 bridgehead atoms. The Morgan fingerprint density at radius 1 is 1.12 bits per heavy atom. The van der Waals surface area contributed by atoms with Gasteiger partial charge in [-0.3, -0.25) is 0 Å². The van der Waals surface area contributed by atoms with Crippen LogP contribution in [0.1, 0.15) is 30.0 Å². The van der Waals surface area contributed by atoms with Gasteiger partial charge in [0.05, 0.1) is 0 Å². The van der Waals surface area contributed by atoms with E-state index >= 15 is 0 Å². The quantitative estimate of drug-likeness (QED) is 0.638. The number of nitrogens with one attached hydrogen (secondary N) is 1. The summed E-state index contributed by atoms with van der Waals surface area (Å²) < 4.78 is 11.6. The fraction of sp³-hybridized carbons (Fsp3) is 0.211. The third kappa shape index (κ3) is 3.78. The third-order valence-electron chi connectivity index (χ3n) is 3.83. The van der Waals surface area contributed by atoms with Gasteiger partial charge in [-0.1, -0.05) is 30.3 Å². The van der Waals surface area contributed by atoms with Gasteiger partial charge in [-0.15, -0.1) is 0 Å². The molecule has 0 unspecified atom stereocenters. The van der Waals surface area contributed by atoms with Crippen LogP contribution in [0.4, 0.5) is 0 Å². The van der Waals surface area contributed by atoms with Gasteiger partial charge in [0.25, 0.3) is 0 Å². The molecule has 0 fully saturated rings. The minimum Gasteiger partial charge on any atom is -0.487 e. The van der Waals surface area contributed by atoms with Crippen molar-refractivity contribution in [3.05, 3.63) is 71.6 Å². The second-order valence-corrected chi connectivity index (χ2v) is 5.79. The van der Waals surface area contributed by atoms with E-state index < -0.39 is 0 Å². The zero-order valence-electron chi connectivity index (χ0n) is 13.6. The van der Waals surface area contributed by atoms with Crippen LogP contribution in [0.3, 0.4) is 0 Å². The molecule has 3 aromatic rings. The summed E-state index contributed by atoms with van der Waals surface area (Å²) >= 11 is 5.64. The fourth-order valence-electron chi connectivity index (χ4n) is 2.33. The van der Waals surface area contributed by atoms with E-state index in [0.29, 0.717) is 12.5 Å². The van der Waals surface area contributed by atoms with Crippen molar-refractivity contribution in [2.45, 2.75) is 26.5 Å². The lowest BCUT2D eigenvalue weighted by Crippen LogP contribution is -2.06. The summed E-state index contributed by atoms with van der Waals surface area (Å²) in [5, 5.41) is 0. The molecule has 1 atom stereocenters. The molecule has 0 saturated heterocycles. The van der Waals surface area contributed by atoms with Gasteiger partial charge >= 0.3 is 0 Å². The zero-order chi connectivity index (χ0) is 16.9. The van der Waals surface area contributed by atoms with Crippen molar-refractivity contribution in [1.29, 1.82) is 0 Å². The van der Waals surface area contributed by atoms with Crippen LogP contribution >= 0.6 is 11.8 Å². The Hall–Kier alpha value is -2.30. The van der Waals surface area contributed by atoms with Gasteiger partial charge in [0.15, 0.2) is 0 Å². The Bertz CT molecular complexity index is 785. The smallest absolute Gasteiger partial charge is 0.226 e. The van der Waals surface area contributed by atoms with Crippen LogP contribution in [0.5, 0.6) is 5.75 Å². The Morgan fingerprint density at radius 3 is 2.50 bits per heavy atom. The van der Waals surface area contributed by atoms with E-state index in [1.807, 2.05) is 68.4 Å². The number of benzene rings is 2. The van der Waals surface area contributed by atoms with Gasteiger partial charge in [-0.05, 0) is 55.5 Å². The molecule has 0 aliphatic heterocycles. The van der Waals surface area contributed by atoms with E-state index in [-0.39, 0.29) is 6.04 Å². The summed E-state index contributed by atoms with van der Waals surface area (Å²) in [5.41, 5.74) is 2.86. The van der Waals surface area contributed by atoms with Crippen LogP contribution in [0.15, 0.2) is 59.0 Å². The molecule has 5 heteroatoms. The van der Waals surface area contributed by atoms with E-state index in [0.717, 1.165) is 28.3 Å². The predicted octanol–water partition coefficient (Wildman–Crippen LogP) is 5.03. The topological polar surface area (TPSA) is 47.3 Å². The maximum Gasteiger partial charge on any atom is 0.226 e. The number of aromatic nitrogens is 1. The first-order valence-electron chi connectivity index (χ1n) is 7.78. The molecular weight excluding hydrogens is 324 g/mol. The Kier molecular flexibility index (Phi) is 5.18. The van der Waals surface area contributed by atoms with Crippen LogP contribution in [0, 0.1) is 6.92 Å². The highest BCUT2D eigenvalue weighted by atomic mass is 35.5. The Morgan fingerprint density at radius 2 is 1.83 bits per heavy atom. The van der Waals surface area contributed by atoms with Crippen LogP contribution < -0.4 is 9.57 Å². The molecule has 1 heterocycles. The molecule has 0 spiro atoms. The van der Waals surface area contributed by atoms with E-state index in [1.165, 1.54) is 0 Å². The highest BCUT2D eigenvalue weighted by Crippen LogP contribution is 2.23. The summed E-state index contributed by atoms with van der Waals surface area (Å²) in [6.07, 6.45) is 0.